The number of nitrogens with zero attached hydrogens (tertiary/aromatic N) is 2. The Labute approximate surface area is 207 Å². The van der Waals surface area contributed by atoms with Crippen LogP contribution in [0.3, 0.4) is 0 Å². The number of morpholine rings is 1. The maximum Gasteiger partial charge on any atom is 0.248 e. The van der Waals surface area contributed by atoms with Gasteiger partial charge in [-0.2, -0.15) is 4.31 Å². The highest BCUT2D eigenvalue weighted by Gasteiger charge is 2.24. The van der Waals surface area contributed by atoms with Crippen molar-refractivity contribution in [2.45, 2.75) is 18.7 Å². The average Bonchev–Trinajstić information content (AvgIpc) is 2.88. The number of rotatable bonds is 10. The third-order valence-corrected chi connectivity index (χ3v) is 7.80. The molecule has 0 saturated carbocycles. The monoisotopic (exact) mass is 503 g/mol. The second kappa shape index (κ2) is 12.1. The normalized spacial score (nSPS) is 14.4. The number of sulfonamides is 1. The van der Waals surface area contributed by atoms with E-state index < -0.39 is 10.0 Å². The molecule has 0 aliphatic carbocycles. The predicted octanol–water partition coefficient (Wildman–Crippen LogP) is 3.22. The molecule has 10 heteroatoms. The second-order valence-corrected chi connectivity index (χ2v) is 9.74. The molecule has 1 aliphatic rings. The molecule has 1 aliphatic heterocycles. The molecule has 2 aromatic rings. The minimum absolute atomic E-state index is 0.136. The molecule has 0 spiro atoms. The highest BCUT2D eigenvalue weighted by molar-refractivity contribution is 7.89. The summed E-state index contributed by atoms with van der Waals surface area (Å²) in [5.41, 5.74) is 1.94. The van der Waals surface area contributed by atoms with Crippen LogP contribution in [0.1, 0.15) is 19.4 Å². The lowest BCUT2D eigenvalue weighted by molar-refractivity contribution is -0.111. The van der Waals surface area contributed by atoms with Crippen molar-refractivity contribution in [3.8, 4) is 11.5 Å². The van der Waals surface area contributed by atoms with Crippen molar-refractivity contribution >= 4 is 33.4 Å². The molecule has 1 heterocycles. The zero-order valence-electron chi connectivity index (χ0n) is 20.6. The summed E-state index contributed by atoms with van der Waals surface area (Å²) in [6, 6.07) is 10.2. The van der Waals surface area contributed by atoms with Crippen molar-refractivity contribution in [1.29, 1.82) is 0 Å². The van der Waals surface area contributed by atoms with Gasteiger partial charge in [0.05, 0.1) is 43.7 Å². The molecule has 0 radical (unpaired) electrons. The van der Waals surface area contributed by atoms with Crippen molar-refractivity contribution in [2.75, 3.05) is 63.8 Å². The van der Waals surface area contributed by atoms with Crippen LogP contribution in [0.2, 0.25) is 0 Å². The van der Waals surface area contributed by atoms with Crippen LogP contribution in [0.5, 0.6) is 11.5 Å². The summed E-state index contributed by atoms with van der Waals surface area (Å²) in [5, 5.41) is 2.87. The Kier molecular flexibility index (Phi) is 9.13. The molecule has 9 nitrogen and oxygen atoms in total. The van der Waals surface area contributed by atoms with Crippen LogP contribution in [0, 0.1) is 0 Å². The molecular formula is C25H33N3O6S. The summed E-state index contributed by atoms with van der Waals surface area (Å²) in [4.78, 5) is 15.1. The first-order valence-corrected chi connectivity index (χ1v) is 13.0. The van der Waals surface area contributed by atoms with Crippen molar-refractivity contribution in [1.82, 2.24) is 4.31 Å². The van der Waals surface area contributed by atoms with Gasteiger partial charge in [-0.15, -0.1) is 0 Å². The van der Waals surface area contributed by atoms with E-state index in [-0.39, 0.29) is 10.8 Å². The van der Waals surface area contributed by atoms with Crippen molar-refractivity contribution < 1.29 is 27.4 Å². The largest absolute Gasteiger partial charge is 0.493 e. The Morgan fingerprint density at radius 3 is 2.37 bits per heavy atom. The average molecular weight is 504 g/mol. The summed E-state index contributed by atoms with van der Waals surface area (Å²) in [7, 11) is -0.578. The number of ether oxygens (including phenoxy) is 3. The summed E-state index contributed by atoms with van der Waals surface area (Å²) in [5.74, 6) is 0.765. The van der Waals surface area contributed by atoms with Gasteiger partial charge in [-0.1, -0.05) is 19.9 Å². The Morgan fingerprint density at radius 1 is 1.06 bits per heavy atom. The third kappa shape index (κ3) is 6.33. The van der Waals surface area contributed by atoms with Gasteiger partial charge in [0.2, 0.25) is 15.9 Å². The van der Waals surface area contributed by atoms with Crippen LogP contribution >= 0.6 is 0 Å². The highest BCUT2D eigenvalue weighted by Crippen LogP contribution is 2.31. The zero-order chi connectivity index (χ0) is 25.4. The molecule has 1 N–H and O–H groups in total. The van der Waals surface area contributed by atoms with Gasteiger partial charge in [-0.25, -0.2) is 8.42 Å². The summed E-state index contributed by atoms with van der Waals surface area (Å²) in [6.45, 7) is 6.73. The fraction of sp³-hybridized carbons (Fsp3) is 0.400. The number of hydrogen-bond donors (Lipinski definition) is 1. The first-order chi connectivity index (χ1) is 16.8. The first kappa shape index (κ1) is 26.5. The van der Waals surface area contributed by atoms with Crippen LogP contribution in [-0.4, -0.2) is 72.2 Å². The number of amides is 1. The quantitative estimate of drug-likeness (QED) is 0.497. The van der Waals surface area contributed by atoms with Crippen LogP contribution in [0.15, 0.2) is 47.4 Å². The van der Waals surface area contributed by atoms with Gasteiger partial charge in [0.25, 0.3) is 0 Å². The van der Waals surface area contributed by atoms with E-state index in [2.05, 4.69) is 10.2 Å². The third-order valence-electron chi connectivity index (χ3n) is 5.76. The summed E-state index contributed by atoms with van der Waals surface area (Å²) >= 11 is 0. The molecule has 190 valence electrons. The fourth-order valence-electron chi connectivity index (χ4n) is 3.87. The smallest absolute Gasteiger partial charge is 0.248 e. The van der Waals surface area contributed by atoms with Gasteiger partial charge >= 0.3 is 0 Å². The lowest BCUT2D eigenvalue weighted by atomic mass is 10.2. The molecule has 0 aromatic heterocycles. The Morgan fingerprint density at radius 2 is 1.74 bits per heavy atom. The Hall–Kier alpha value is -3.08. The molecule has 1 fully saturated rings. The molecule has 1 saturated heterocycles. The van der Waals surface area contributed by atoms with Gasteiger partial charge in [0.15, 0.2) is 11.5 Å². The van der Waals surface area contributed by atoms with Gasteiger partial charge in [-0.3, -0.25) is 4.79 Å². The number of methoxy groups -OCH3 is 2. The minimum atomic E-state index is -3.68. The zero-order valence-corrected chi connectivity index (χ0v) is 21.4. The molecule has 0 bridgehead atoms. The minimum Gasteiger partial charge on any atom is -0.493 e. The maximum absolute atomic E-state index is 13.1. The summed E-state index contributed by atoms with van der Waals surface area (Å²) in [6.07, 6.45) is 3.05. The summed E-state index contributed by atoms with van der Waals surface area (Å²) < 4.78 is 43.6. The second-order valence-electron chi connectivity index (χ2n) is 7.80. The maximum atomic E-state index is 13.1. The van der Waals surface area contributed by atoms with E-state index in [0.717, 1.165) is 11.3 Å². The van der Waals surface area contributed by atoms with Crippen molar-refractivity contribution in [3.05, 3.63) is 48.0 Å². The van der Waals surface area contributed by atoms with E-state index in [1.54, 1.807) is 58.4 Å². The molecule has 35 heavy (non-hydrogen) atoms. The lowest BCUT2D eigenvalue weighted by Gasteiger charge is -2.31. The van der Waals surface area contributed by atoms with Crippen LogP contribution in [-0.2, 0) is 19.6 Å². The van der Waals surface area contributed by atoms with Crippen LogP contribution in [0.4, 0.5) is 11.4 Å². The predicted molar refractivity (Wildman–Crippen MR) is 137 cm³/mol. The van der Waals surface area contributed by atoms with E-state index in [9.17, 15) is 13.2 Å². The number of benzene rings is 2. The van der Waals surface area contributed by atoms with E-state index in [1.807, 2.05) is 6.07 Å². The van der Waals surface area contributed by atoms with Crippen molar-refractivity contribution in [2.24, 2.45) is 0 Å². The van der Waals surface area contributed by atoms with Gasteiger partial charge in [0.1, 0.15) is 0 Å². The molecule has 3 rings (SSSR count). The van der Waals surface area contributed by atoms with E-state index in [0.29, 0.717) is 56.6 Å². The molecule has 2 aromatic carbocycles. The fourth-order valence-corrected chi connectivity index (χ4v) is 5.36. The molecule has 0 unspecified atom stereocenters. The van der Waals surface area contributed by atoms with Gasteiger partial charge in [0, 0.05) is 32.3 Å². The molecular weight excluding hydrogens is 470 g/mol. The van der Waals surface area contributed by atoms with Crippen LogP contribution in [0.25, 0.3) is 6.08 Å². The van der Waals surface area contributed by atoms with Crippen molar-refractivity contribution in [3.63, 3.8) is 0 Å². The molecule has 1 amide bonds. The standard InChI is InChI=1S/C25H33N3O6S/c1-5-28(6-2)35(30,31)20-9-10-22(27-13-15-34-16-14-27)21(18-20)26-25(29)12-8-19-7-11-23(32-3)24(17-19)33-4/h7-12,17-18H,5-6,13-16H2,1-4H3,(H,26,29). The number of nitrogens with one attached hydrogen (secondary N) is 1. The molecule has 0 atom stereocenters. The first-order valence-electron chi connectivity index (χ1n) is 11.5. The van der Waals surface area contributed by atoms with E-state index in [4.69, 9.17) is 14.2 Å². The lowest BCUT2D eigenvalue weighted by Crippen LogP contribution is -2.37. The number of hydrogen-bond acceptors (Lipinski definition) is 7. The van der Waals surface area contributed by atoms with Gasteiger partial charge < -0.3 is 24.4 Å². The number of carbonyl (C=O) groups is 1. The van der Waals surface area contributed by atoms with E-state index >= 15 is 0 Å². The number of anilines is 2. The Bertz CT molecular complexity index is 1160. The SMILES string of the molecule is CCN(CC)S(=O)(=O)c1ccc(N2CCOCC2)c(NC(=O)C=Cc2ccc(OC)c(OC)c2)c1. The van der Waals surface area contributed by atoms with E-state index in [1.165, 1.54) is 16.4 Å². The van der Waals surface area contributed by atoms with Gasteiger partial charge in [-0.05, 0) is 42.0 Å². The topological polar surface area (TPSA) is 97.4 Å². The Balaban J connectivity index is 1.90. The number of carbonyl (C=O) groups excluding carboxylic acids is 1. The van der Waals surface area contributed by atoms with Crippen LogP contribution < -0.4 is 19.7 Å². The highest BCUT2D eigenvalue weighted by atomic mass is 32.2.